The first-order valence-electron chi connectivity index (χ1n) is 10.3. The molecule has 0 spiro atoms. The lowest BCUT2D eigenvalue weighted by atomic mass is 10.1. The van der Waals surface area contributed by atoms with E-state index < -0.39 is 5.25 Å². The number of benzene rings is 3. The summed E-state index contributed by atoms with van der Waals surface area (Å²) >= 11 is 4.68. The fraction of sp³-hybridized carbons (Fsp3) is 0.160. The SMILES string of the molecule is COc1cccc(OC)c1C(=O)Nc1ccc(SC2CC(=O)N(c3ccc(Br)cc3)C2=O)cc1. The van der Waals surface area contributed by atoms with E-state index in [1.807, 2.05) is 0 Å². The van der Waals surface area contributed by atoms with Crippen molar-refractivity contribution in [3.8, 4) is 11.5 Å². The van der Waals surface area contributed by atoms with Gasteiger partial charge in [0.15, 0.2) is 0 Å². The molecule has 7 nitrogen and oxygen atoms in total. The van der Waals surface area contributed by atoms with Gasteiger partial charge in [-0.15, -0.1) is 11.8 Å². The monoisotopic (exact) mass is 540 g/mol. The quantitative estimate of drug-likeness (QED) is 0.417. The van der Waals surface area contributed by atoms with Gasteiger partial charge in [-0.05, 0) is 60.7 Å². The zero-order chi connectivity index (χ0) is 24.2. The van der Waals surface area contributed by atoms with Crippen molar-refractivity contribution in [3.63, 3.8) is 0 Å². The number of halogens is 1. The second kappa shape index (κ2) is 10.3. The van der Waals surface area contributed by atoms with E-state index in [9.17, 15) is 14.4 Å². The zero-order valence-electron chi connectivity index (χ0n) is 18.4. The molecule has 1 N–H and O–H groups in total. The van der Waals surface area contributed by atoms with Crippen LogP contribution < -0.4 is 19.7 Å². The van der Waals surface area contributed by atoms with Crippen molar-refractivity contribution in [2.45, 2.75) is 16.6 Å². The third kappa shape index (κ3) is 4.95. The maximum atomic E-state index is 12.9. The van der Waals surface area contributed by atoms with Crippen LogP contribution in [-0.2, 0) is 9.59 Å². The van der Waals surface area contributed by atoms with Crippen LogP contribution in [0.15, 0.2) is 76.1 Å². The van der Waals surface area contributed by atoms with Crippen LogP contribution in [0.5, 0.6) is 11.5 Å². The van der Waals surface area contributed by atoms with Crippen molar-refractivity contribution in [1.82, 2.24) is 0 Å². The molecule has 34 heavy (non-hydrogen) atoms. The number of nitrogens with zero attached hydrogens (tertiary/aromatic N) is 1. The predicted octanol–water partition coefficient (Wildman–Crippen LogP) is 5.14. The standard InChI is InChI=1S/C25H21BrN2O5S/c1-32-19-4-3-5-20(33-2)23(19)24(30)27-16-8-12-18(13-9-16)34-21-14-22(29)28(25(21)31)17-10-6-15(26)7-11-17/h3-13,21H,14H2,1-2H3,(H,27,30). The lowest BCUT2D eigenvalue weighted by molar-refractivity contribution is -0.121. The number of rotatable bonds is 7. The molecule has 174 valence electrons. The van der Waals surface area contributed by atoms with Crippen LogP contribution in [0.2, 0.25) is 0 Å². The van der Waals surface area contributed by atoms with Crippen molar-refractivity contribution in [3.05, 3.63) is 76.8 Å². The Balaban J connectivity index is 1.44. The van der Waals surface area contributed by atoms with Crippen LogP contribution in [0.1, 0.15) is 16.8 Å². The Kier molecular flexibility index (Phi) is 7.23. The molecule has 1 heterocycles. The van der Waals surface area contributed by atoms with Crippen molar-refractivity contribution in [2.24, 2.45) is 0 Å². The van der Waals surface area contributed by atoms with E-state index in [0.717, 1.165) is 9.37 Å². The maximum Gasteiger partial charge on any atom is 0.263 e. The van der Waals surface area contributed by atoms with Crippen molar-refractivity contribution >= 4 is 56.8 Å². The van der Waals surface area contributed by atoms with Gasteiger partial charge >= 0.3 is 0 Å². The van der Waals surface area contributed by atoms with Gasteiger partial charge in [-0.3, -0.25) is 14.4 Å². The number of thioether (sulfide) groups is 1. The molecule has 3 aromatic carbocycles. The molecule has 1 aliphatic heterocycles. The molecule has 0 bridgehead atoms. The predicted molar refractivity (Wildman–Crippen MR) is 135 cm³/mol. The number of amides is 3. The molecule has 4 rings (SSSR count). The molecule has 9 heteroatoms. The van der Waals surface area contributed by atoms with Gasteiger partial charge in [-0.2, -0.15) is 0 Å². The summed E-state index contributed by atoms with van der Waals surface area (Å²) < 4.78 is 11.5. The summed E-state index contributed by atoms with van der Waals surface area (Å²) in [5.74, 6) is -0.0126. The highest BCUT2D eigenvalue weighted by Gasteiger charge is 2.40. The molecular formula is C25H21BrN2O5S. The number of nitrogens with one attached hydrogen (secondary N) is 1. The minimum Gasteiger partial charge on any atom is -0.496 e. The first-order chi connectivity index (χ1) is 16.4. The molecule has 0 saturated carbocycles. The average Bonchev–Trinajstić information content (AvgIpc) is 3.12. The van der Waals surface area contributed by atoms with Gasteiger partial charge < -0.3 is 14.8 Å². The molecule has 1 unspecified atom stereocenters. The fourth-order valence-electron chi connectivity index (χ4n) is 3.61. The summed E-state index contributed by atoms with van der Waals surface area (Å²) in [5, 5.41) is 2.33. The average molecular weight is 541 g/mol. The van der Waals surface area contributed by atoms with E-state index >= 15 is 0 Å². The lowest BCUT2D eigenvalue weighted by Gasteiger charge is -2.15. The van der Waals surface area contributed by atoms with Crippen LogP contribution in [0, 0.1) is 0 Å². The highest BCUT2D eigenvalue weighted by atomic mass is 79.9. The molecule has 1 aliphatic rings. The number of carbonyl (C=O) groups excluding carboxylic acids is 3. The number of imide groups is 1. The number of anilines is 2. The Labute approximate surface area is 209 Å². The minimum atomic E-state index is -0.505. The molecule has 0 aliphatic carbocycles. The third-order valence-electron chi connectivity index (χ3n) is 5.24. The van der Waals surface area contributed by atoms with E-state index in [1.54, 1.807) is 66.7 Å². The second-order valence-corrected chi connectivity index (χ2v) is 9.56. The molecule has 3 aromatic rings. The van der Waals surface area contributed by atoms with Crippen LogP contribution in [-0.4, -0.2) is 37.2 Å². The van der Waals surface area contributed by atoms with E-state index in [-0.39, 0.29) is 24.1 Å². The molecule has 0 aromatic heterocycles. The van der Waals surface area contributed by atoms with Crippen molar-refractivity contribution in [2.75, 3.05) is 24.4 Å². The first-order valence-corrected chi connectivity index (χ1v) is 12.0. The maximum absolute atomic E-state index is 12.9. The van der Waals surface area contributed by atoms with Gasteiger partial charge in [0.2, 0.25) is 11.8 Å². The highest BCUT2D eigenvalue weighted by molar-refractivity contribution is 9.10. The van der Waals surface area contributed by atoms with Crippen molar-refractivity contribution < 1.29 is 23.9 Å². The summed E-state index contributed by atoms with van der Waals surface area (Å²) in [7, 11) is 2.98. The van der Waals surface area contributed by atoms with E-state index in [1.165, 1.54) is 30.9 Å². The smallest absolute Gasteiger partial charge is 0.263 e. The topological polar surface area (TPSA) is 84.9 Å². The lowest BCUT2D eigenvalue weighted by Crippen LogP contribution is -2.31. The van der Waals surface area contributed by atoms with Crippen LogP contribution in [0.25, 0.3) is 0 Å². The number of methoxy groups -OCH3 is 2. The Hall–Kier alpha value is -3.30. The van der Waals surface area contributed by atoms with Gasteiger partial charge in [-0.1, -0.05) is 22.0 Å². The van der Waals surface area contributed by atoms with Gasteiger partial charge in [0.1, 0.15) is 17.1 Å². The normalized spacial score (nSPS) is 15.4. The molecular weight excluding hydrogens is 520 g/mol. The largest absolute Gasteiger partial charge is 0.496 e. The summed E-state index contributed by atoms with van der Waals surface area (Å²) in [6, 6.07) is 19.3. The first kappa shape index (κ1) is 23.8. The number of ether oxygens (including phenoxy) is 2. The van der Waals surface area contributed by atoms with Crippen LogP contribution in [0.4, 0.5) is 11.4 Å². The summed E-state index contributed by atoms with van der Waals surface area (Å²) in [6.07, 6.45) is 0.131. The second-order valence-electron chi connectivity index (χ2n) is 7.37. The molecule has 1 atom stereocenters. The van der Waals surface area contributed by atoms with E-state index in [2.05, 4.69) is 21.2 Å². The Morgan fingerprint density at radius 1 is 0.971 bits per heavy atom. The van der Waals surface area contributed by atoms with Gasteiger partial charge in [0.25, 0.3) is 5.91 Å². The third-order valence-corrected chi connectivity index (χ3v) is 6.96. The number of carbonyl (C=O) groups is 3. The summed E-state index contributed by atoms with van der Waals surface area (Å²) in [5.41, 5.74) is 1.44. The summed E-state index contributed by atoms with van der Waals surface area (Å²) in [4.78, 5) is 40.3. The fourth-order valence-corrected chi connectivity index (χ4v) is 4.93. The zero-order valence-corrected chi connectivity index (χ0v) is 20.8. The van der Waals surface area contributed by atoms with Crippen LogP contribution in [0.3, 0.4) is 0 Å². The van der Waals surface area contributed by atoms with E-state index in [0.29, 0.717) is 28.4 Å². The Bertz CT molecular complexity index is 1210. The minimum absolute atomic E-state index is 0.131. The van der Waals surface area contributed by atoms with Crippen molar-refractivity contribution in [1.29, 1.82) is 0 Å². The van der Waals surface area contributed by atoms with E-state index in [4.69, 9.17) is 9.47 Å². The van der Waals surface area contributed by atoms with Gasteiger partial charge in [-0.25, -0.2) is 4.90 Å². The number of hydrogen-bond acceptors (Lipinski definition) is 6. The Morgan fingerprint density at radius 2 is 1.59 bits per heavy atom. The molecule has 1 saturated heterocycles. The van der Waals surface area contributed by atoms with Gasteiger partial charge in [0, 0.05) is 21.5 Å². The Morgan fingerprint density at radius 3 is 2.18 bits per heavy atom. The highest BCUT2D eigenvalue weighted by Crippen LogP contribution is 2.35. The summed E-state index contributed by atoms with van der Waals surface area (Å²) in [6.45, 7) is 0. The molecule has 0 radical (unpaired) electrons. The van der Waals surface area contributed by atoms with Gasteiger partial charge in [0.05, 0.1) is 25.2 Å². The molecule has 1 fully saturated rings. The number of hydrogen-bond donors (Lipinski definition) is 1. The van der Waals surface area contributed by atoms with Crippen LogP contribution >= 0.6 is 27.7 Å². The molecule has 3 amide bonds.